The largest absolute Gasteiger partial charge is 0.375 e. The quantitative estimate of drug-likeness (QED) is 0.839. The van der Waals surface area contributed by atoms with E-state index in [0.717, 1.165) is 25.1 Å². The second kappa shape index (κ2) is 4.18. The predicted octanol–water partition coefficient (Wildman–Crippen LogP) is 1.28. The third-order valence-corrected chi connectivity index (χ3v) is 3.27. The van der Waals surface area contributed by atoms with Crippen LogP contribution in [-0.2, 0) is 11.2 Å². The Morgan fingerprint density at radius 2 is 2.47 bits per heavy atom. The molecule has 1 fully saturated rings. The van der Waals surface area contributed by atoms with Crippen molar-refractivity contribution in [2.75, 3.05) is 12.3 Å². The number of aromatic nitrogens is 1. The second-order valence-electron chi connectivity index (χ2n) is 3.76. The molecule has 1 amide bonds. The summed E-state index contributed by atoms with van der Waals surface area (Å²) in [5.74, 6) is 0.172. The normalized spacial score (nSPS) is 15.3. The summed E-state index contributed by atoms with van der Waals surface area (Å²) in [7, 11) is 0. The topological polar surface area (TPSA) is 59.2 Å². The van der Waals surface area contributed by atoms with E-state index in [9.17, 15) is 4.79 Å². The summed E-state index contributed by atoms with van der Waals surface area (Å²) < 4.78 is 0. The Balaban J connectivity index is 1.95. The summed E-state index contributed by atoms with van der Waals surface area (Å²) in [6, 6.07) is 0.485. The van der Waals surface area contributed by atoms with Crippen LogP contribution in [0.3, 0.4) is 0 Å². The minimum atomic E-state index is 0.172. The average Bonchev–Trinajstić information content (AvgIpc) is 2.93. The maximum absolute atomic E-state index is 11.9. The van der Waals surface area contributed by atoms with Gasteiger partial charge in [-0.05, 0) is 19.8 Å². The standard InChI is InChI=1S/C10H15N3OS/c1-2-13(8-3-4-8)9(14)5-7-6-15-10(11)12-7/h6,8H,2-5H2,1H3,(H2,11,12). The van der Waals surface area contributed by atoms with Crippen LogP contribution in [0.15, 0.2) is 5.38 Å². The third-order valence-electron chi connectivity index (χ3n) is 2.55. The Bertz CT molecular complexity index is 359. The van der Waals surface area contributed by atoms with Gasteiger partial charge in [0.2, 0.25) is 5.91 Å². The molecule has 1 saturated carbocycles. The van der Waals surface area contributed by atoms with Gasteiger partial charge in [0.1, 0.15) is 0 Å². The fourth-order valence-electron chi connectivity index (χ4n) is 1.68. The number of nitrogens with zero attached hydrogens (tertiary/aromatic N) is 2. The molecule has 15 heavy (non-hydrogen) atoms. The number of rotatable bonds is 4. The number of hydrogen-bond donors (Lipinski definition) is 1. The lowest BCUT2D eigenvalue weighted by molar-refractivity contribution is -0.130. The van der Waals surface area contributed by atoms with Crippen LogP contribution in [0.2, 0.25) is 0 Å². The molecule has 1 aromatic rings. The second-order valence-corrected chi connectivity index (χ2v) is 4.65. The number of likely N-dealkylation sites (N-methyl/N-ethyl adjacent to an activating group) is 1. The van der Waals surface area contributed by atoms with Crippen molar-refractivity contribution in [2.45, 2.75) is 32.2 Å². The van der Waals surface area contributed by atoms with Gasteiger partial charge in [0.05, 0.1) is 12.1 Å². The van der Waals surface area contributed by atoms with Crippen molar-refractivity contribution in [3.8, 4) is 0 Å². The van der Waals surface area contributed by atoms with Gasteiger partial charge in [0, 0.05) is 18.0 Å². The number of hydrogen-bond acceptors (Lipinski definition) is 4. The fourth-order valence-corrected chi connectivity index (χ4v) is 2.25. The first-order valence-electron chi connectivity index (χ1n) is 5.20. The molecule has 2 rings (SSSR count). The average molecular weight is 225 g/mol. The van der Waals surface area contributed by atoms with Crippen molar-refractivity contribution in [1.82, 2.24) is 9.88 Å². The summed E-state index contributed by atoms with van der Waals surface area (Å²) in [5, 5.41) is 2.39. The Morgan fingerprint density at radius 3 is 2.93 bits per heavy atom. The maximum atomic E-state index is 11.9. The molecule has 0 aliphatic heterocycles. The van der Waals surface area contributed by atoms with E-state index in [1.54, 1.807) is 0 Å². The minimum Gasteiger partial charge on any atom is -0.375 e. The zero-order chi connectivity index (χ0) is 10.8. The lowest BCUT2D eigenvalue weighted by atomic mass is 10.3. The molecular weight excluding hydrogens is 210 g/mol. The highest BCUT2D eigenvalue weighted by molar-refractivity contribution is 7.13. The third kappa shape index (κ3) is 2.47. The molecule has 0 bridgehead atoms. The van der Waals surface area contributed by atoms with Crippen molar-refractivity contribution >= 4 is 22.4 Å². The number of amides is 1. The van der Waals surface area contributed by atoms with Crippen LogP contribution >= 0.6 is 11.3 Å². The highest BCUT2D eigenvalue weighted by Crippen LogP contribution is 2.27. The molecule has 5 heteroatoms. The number of anilines is 1. The van der Waals surface area contributed by atoms with Crippen LogP contribution in [0.1, 0.15) is 25.5 Å². The highest BCUT2D eigenvalue weighted by Gasteiger charge is 2.31. The molecule has 0 aromatic carbocycles. The Hall–Kier alpha value is -1.10. The summed E-state index contributed by atoms with van der Waals surface area (Å²) in [5.41, 5.74) is 6.31. The first-order valence-corrected chi connectivity index (χ1v) is 6.08. The molecule has 0 radical (unpaired) electrons. The van der Waals surface area contributed by atoms with E-state index < -0.39 is 0 Å². The van der Waals surface area contributed by atoms with Crippen molar-refractivity contribution in [2.24, 2.45) is 0 Å². The monoisotopic (exact) mass is 225 g/mol. The molecule has 4 nitrogen and oxygen atoms in total. The SMILES string of the molecule is CCN(C(=O)Cc1csc(N)n1)C1CC1. The number of carbonyl (C=O) groups is 1. The number of thiazole rings is 1. The van der Waals surface area contributed by atoms with E-state index in [0.29, 0.717) is 17.6 Å². The van der Waals surface area contributed by atoms with Gasteiger partial charge in [-0.1, -0.05) is 0 Å². The maximum Gasteiger partial charge on any atom is 0.228 e. The molecule has 0 saturated heterocycles. The lowest BCUT2D eigenvalue weighted by Gasteiger charge is -2.19. The Labute approximate surface area is 93.1 Å². The van der Waals surface area contributed by atoms with Gasteiger partial charge in [-0.3, -0.25) is 4.79 Å². The molecule has 82 valence electrons. The number of carbonyl (C=O) groups excluding carboxylic acids is 1. The van der Waals surface area contributed by atoms with Gasteiger partial charge in [-0.2, -0.15) is 0 Å². The summed E-state index contributed by atoms with van der Waals surface area (Å²) in [6.45, 7) is 2.81. The molecule has 0 atom stereocenters. The first-order chi connectivity index (χ1) is 7.20. The van der Waals surface area contributed by atoms with Gasteiger partial charge < -0.3 is 10.6 Å². The zero-order valence-electron chi connectivity index (χ0n) is 8.77. The molecule has 1 heterocycles. The van der Waals surface area contributed by atoms with Gasteiger partial charge in [0.25, 0.3) is 0 Å². The van der Waals surface area contributed by atoms with Crippen molar-refractivity contribution < 1.29 is 4.79 Å². The van der Waals surface area contributed by atoms with Gasteiger partial charge in [-0.15, -0.1) is 11.3 Å². The summed E-state index contributed by atoms with van der Waals surface area (Å²) >= 11 is 1.39. The molecule has 2 N–H and O–H groups in total. The van der Waals surface area contributed by atoms with Gasteiger partial charge >= 0.3 is 0 Å². The molecule has 0 spiro atoms. The Morgan fingerprint density at radius 1 is 1.73 bits per heavy atom. The van der Waals surface area contributed by atoms with Gasteiger partial charge in [0.15, 0.2) is 5.13 Å². The number of nitrogens with two attached hydrogens (primary N) is 1. The van der Waals surface area contributed by atoms with Crippen LogP contribution in [0.25, 0.3) is 0 Å². The number of nitrogen functional groups attached to an aromatic ring is 1. The smallest absolute Gasteiger partial charge is 0.228 e. The highest BCUT2D eigenvalue weighted by atomic mass is 32.1. The minimum absolute atomic E-state index is 0.172. The van der Waals surface area contributed by atoms with Gasteiger partial charge in [-0.25, -0.2) is 4.98 Å². The van der Waals surface area contributed by atoms with Crippen molar-refractivity contribution in [3.63, 3.8) is 0 Å². The molecule has 0 unspecified atom stereocenters. The molecule has 1 aliphatic rings. The van der Waals surface area contributed by atoms with E-state index in [-0.39, 0.29) is 5.91 Å². The van der Waals surface area contributed by atoms with Crippen LogP contribution < -0.4 is 5.73 Å². The van der Waals surface area contributed by atoms with E-state index >= 15 is 0 Å². The molecule has 1 aliphatic carbocycles. The molecule has 1 aromatic heterocycles. The predicted molar refractivity (Wildman–Crippen MR) is 60.6 cm³/mol. The summed E-state index contributed by atoms with van der Waals surface area (Å²) in [6.07, 6.45) is 2.69. The first kappa shape index (κ1) is 10.4. The van der Waals surface area contributed by atoms with Crippen LogP contribution in [0, 0.1) is 0 Å². The van der Waals surface area contributed by atoms with E-state index in [2.05, 4.69) is 4.98 Å². The van der Waals surface area contributed by atoms with E-state index in [1.807, 2.05) is 17.2 Å². The van der Waals surface area contributed by atoms with Crippen molar-refractivity contribution in [1.29, 1.82) is 0 Å². The van der Waals surface area contributed by atoms with E-state index in [4.69, 9.17) is 5.73 Å². The van der Waals surface area contributed by atoms with Crippen molar-refractivity contribution in [3.05, 3.63) is 11.1 Å². The Kier molecular flexibility index (Phi) is 2.90. The molecular formula is C10H15N3OS. The fraction of sp³-hybridized carbons (Fsp3) is 0.600. The van der Waals surface area contributed by atoms with Crippen LogP contribution in [0.4, 0.5) is 5.13 Å². The zero-order valence-corrected chi connectivity index (χ0v) is 9.59. The van der Waals surface area contributed by atoms with E-state index in [1.165, 1.54) is 11.3 Å². The summed E-state index contributed by atoms with van der Waals surface area (Å²) in [4.78, 5) is 17.9. The van der Waals surface area contributed by atoms with Crippen LogP contribution in [0.5, 0.6) is 0 Å². The van der Waals surface area contributed by atoms with Crippen LogP contribution in [-0.4, -0.2) is 28.4 Å². The lowest BCUT2D eigenvalue weighted by Crippen LogP contribution is -2.34.